The van der Waals surface area contributed by atoms with E-state index in [0.717, 1.165) is 50.1 Å². The van der Waals surface area contributed by atoms with Gasteiger partial charge in [0.05, 0.1) is 11.0 Å². The van der Waals surface area contributed by atoms with Crippen LogP contribution in [0.2, 0.25) is 0 Å². The van der Waals surface area contributed by atoms with Crippen LogP contribution in [0.25, 0.3) is 89.0 Å². The molecule has 0 atom stereocenters. The highest BCUT2D eigenvalue weighted by atomic mass is 16.1. The van der Waals surface area contributed by atoms with E-state index in [0.29, 0.717) is 11.5 Å². The first-order valence-corrected chi connectivity index (χ1v) is 18.0. The number of hydrogen-bond acceptors (Lipinski definition) is 3. The SMILES string of the molecule is O=c1nc(-c2cccc(-n3c4ccccc4c4cc(-c5cccc(-c6ccccc6)c5)ccc43)c2)n2cc(-c3ccccc3)cc(-c3ccccc3)c2n1. The second-order valence-corrected chi connectivity index (χ2v) is 13.5. The predicted octanol–water partition coefficient (Wildman–Crippen LogP) is 11.5. The second-order valence-electron chi connectivity index (χ2n) is 13.5. The molecule has 5 nitrogen and oxygen atoms in total. The van der Waals surface area contributed by atoms with Crippen molar-refractivity contribution in [2.24, 2.45) is 0 Å². The van der Waals surface area contributed by atoms with E-state index >= 15 is 0 Å². The van der Waals surface area contributed by atoms with Gasteiger partial charge in [-0.15, -0.1) is 0 Å². The average molecular weight is 693 g/mol. The van der Waals surface area contributed by atoms with Crippen molar-refractivity contribution in [3.05, 3.63) is 205 Å². The molecule has 254 valence electrons. The number of pyridine rings is 1. The van der Waals surface area contributed by atoms with Gasteiger partial charge in [0, 0.05) is 33.8 Å². The lowest BCUT2D eigenvalue weighted by atomic mass is 9.98. The number of para-hydroxylation sites is 1. The van der Waals surface area contributed by atoms with Gasteiger partial charge in [-0.05, 0) is 81.4 Å². The predicted molar refractivity (Wildman–Crippen MR) is 221 cm³/mol. The maximum atomic E-state index is 13.3. The molecule has 0 bridgehead atoms. The van der Waals surface area contributed by atoms with E-state index in [4.69, 9.17) is 0 Å². The van der Waals surface area contributed by atoms with Crippen molar-refractivity contribution in [3.8, 4) is 61.6 Å². The standard InChI is InChI=1S/C49H32N4O/c54-49-50-47(52-32-40(34-16-6-2-7-17-34)31-43(48(52)51-49)35-18-8-3-9-19-35)39-22-13-23-41(29-39)53-45-25-11-10-24-42(45)44-30-38(26-27-46(44)53)37-21-12-20-36(28-37)33-14-4-1-5-15-33/h1-32H. The smallest absolute Gasteiger partial charge is 0.309 e. The van der Waals surface area contributed by atoms with Gasteiger partial charge >= 0.3 is 5.69 Å². The summed E-state index contributed by atoms with van der Waals surface area (Å²) in [5, 5.41) is 2.34. The van der Waals surface area contributed by atoms with Crippen LogP contribution in [0.4, 0.5) is 0 Å². The summed E-state index contributed by atoms with van der Waals surface area (Å²) in [7, 11) is 0. The first-order valence-electron chi connectivity index (χ1n) is 18.0. The molecule has 5 heteroatoms. The molecular formula is C49H32N4O. The second kappa shape index (κ2) is 13.0. The van der Waals surface area contributed by atoms with Crippen LogP contribution < -0.4 is 5.69 Å². The number of fused-ring (bicyclic) bond motifs is 4. The van der Waals surface area contributed by atoms with Crippen molar-refractivity contribution in [3.63, 3.8) is 0 Å². The van der Waals surface area contributed by atoms with Crippen LogP contribution in [-0.2, 0) is 0 Å². The minimum Gasteiger partial charge on any atom is -0.309 e. The van der Waals surface area contributed by atoms with Crippen LogP contribution >= 0.6 is 0 Å². The van der Waals surface area contributed by atoms with Crippen LogP contribution in [0.15, 0.2) is 199 Å². The Balaban J connectivity index is 1.15. The molecule has 0 saturated carbocycles. The van der Waals surface area contributed by atoms with Gasteiger partial charge in [0.2, 0.25) is 0 Å². The van der Waals surface area contributed by atoms with E-state index in [1.165, 1.54) is 27.5 Å². The van der Waals surface area contributed by atoms with Crippen molar-refractivity contribution < 1.29 is 0 Å². The van der Waals surface area contributed by atoms with E-state index < -0.39 is 5.69 Å². The fraction of sp³-hybridized carbons (Fsp3) is 0. The van der Waals surface area contributed by atoms with Gasteiger partial charge in [0.1, 0.15) is 0 Å². The summed E-state index contributed by atoms with van der Waals surface area (Å²) in [5.41, 5.74) is 12.6. The van der Waals surface area contributed by atoms with Crippen molar-refractivity contribution in [1.82, 2.24) is 18.9 Å². The molecule has 3 heterocycles. The highest BCUT2D eigenvalue weighted by molar-refractivity contribution is 6.10. The molecule has 0 spiro atoms. The summed E-state index contributed by atoms with van der Waals surface area (Å²) in [6.45, 7) is 0. The van der Waals surface area contributed by atoms with Gasteiger partial charge < -0.3 is 4.57 Å². The van der Waals surface area contributed by atoms with E-state index in [9.17, 15) is 4.79 Å². The Hall–Kier alpha value is -7.37. The van der Waals surface area contributed by atoms with E-state index in [1.54, 1.807) is 0 Å². The monoisotopic (exact) mass is 692 g/mol. The highest BCUT2D eigenvalue weighted by Gasteiger charge is 2.18. The molecule has 10 aromatic rings. The molecule has 7 aromatic carbocycles. The summed E-state index contributed by atoms with van der Waals surface area (Å²) in [4.78, 5) is 22.3. The molecule has 0 radical (unpaired) electrons. The Labute approximate surface area is 311 Å². The minimum atomic E-state index is -0.527. The van der Waals surface area contributed by atoms with E-state index in [2.05, 4.69) is 136 Å². The van der Waals surface area contributed by atoms with Crippen molar-refractivity contribution >= 4 is 27.5 Å². The molecule has 0 saturated heterocycles. The Morgan fingerprint density at radius 1 is 0.389 bits per heavy atom. The Morgan fingerprint density at radius 2 is 0.963 bits per heavy atom. The van der Waals surface area contributed by atoms with Gasteiger partial charge in [-0.2, -0.15) is 9.97 Å². The van der Waals surface area contributed by atoms with Crippen molar-refractivity contribution in [1.29, 1.82) is 0 Å². The lowest BCUT2D eigenvalue weighted by Gasteiger charge is -2.15. The summed E-state index contributed by atoms with van der Waals surface area (Å²) >= 11 is 0. The van der Waals surface area contributed by atoms with Crippen LogP contribution in [0.1, 0.15) is 0 Å². The fourth-order valence-electron chi connectivity index (χ4n) is 7.67. The first-order chi connectivity index (χ1) is 26.7. The van der Waals surface area contributed by atoms with Gasteiger partial charge in [0.25, 0.3) is 0 Å². The van der Waals surface area contributed by atoms with Gasteiger partial charge in [-0.25, -0.2) is 4.79 Å². The highest BCUT2D eigenvalue weighted by Crippen LogP contribution is 2.37. The number of nitrogens with zero attached hydrogens (tertiary/aromatic N) is 4. The molecule has 0 amide bonds. The third-order valence-corrected chi connectivity index (χ3v) is 10.2. The molecule has 0 aliphatic rings. The molecular weight excluding hydrogens is 661 g/mol. The molecule has 3 aromatic heterocycles. The molecule has 0 aliphatic carbocycles. The van der Waals surface area contributed by atoms with Crippen LogP contribution in [-0.4, -0.2) is 18.9 Å². The quantitative estimate of drug-likeness (QED) is 0.174. The number of hydrogen-bond donors (Lipinski definition) is 0. The zero-order chi connectivity index (χ0) is 36.0. The third kappa shape index (κ3) is 5.47. The third-order valence-electron chi connectivity index (χ3n) is 10.2. The Kier molecular flexibility index (Phi) is 7.55. The summed E-state index contributed by atoms with van der Waals surface area (Å²) in [6.07, 6.45) is 2.04. The molecule has 0 N–H and O–H groups in total. The summed E-state index contributed by atoms with van der Waals surface area (Å²) in [6, 6.07) is 65.2. The fourth-order valence-corrected chi connectivity index (χ4v) is 7.67. The van der Waals surface area contributed by atoms with E-state index in [1.807, 2.05) is 77.3 Å². The van der Waals surface area contributed by atoms with Gasteiger partial charge in [-0.3, -0.25) is 4.40 Å². The molecule has 10 rings (SSSR count). The molecule has 0 aliphatic heterocycles. The van der Waals surface area contributed by atoms with Crippen LogP contribution in [0, 0.1) is 0 Å². The Morgan fingerprint density at radius 3 is 1.72 bits per heavy atom. The summed E-state index contributed by atoms with van der Waals surface area (Å²) < 4.78 is 4.27. The van der Waals surface area contributed by atoms with Gasteiger partial charge in [-0.1, -0.05) is 146 Å². The average Bonchev–Trinajstić information content (AvgIpc) is 3.58. The normalized spacial score (nSPS) is 11.4. The zero-order valence-corrected chi connectivity index (χ0v) is 29.2. The van der Waals surface area contributed by atoms with Crippen molar-refractivity contribution in [2.75, 3.05) is 0 Å². The van der Waals surface area contributed by atoms with E-state index in [-0.39, 0.29) is 0 Å². The molecule has 0 unspecified atom stereocenters. The van der Waals surface area contributed by atoms with Crippen LogP contribution in [0.3, 0.4) is 0 Å². The maximum absolute atomic E-state index is 13.3. The topological polar surface area (TPSA) is 52.2 Å². The number of benzene rings is 7. The molecule has 54 heavy (non-hydrogen) atoms. The maximum Gasteiger partial charge on any atom is 0.371 e. The van der Waals surface area contributed by atoms with Crippen LogP contribution in [0.5, 0.6) is 0 Å². The number of rotatable bonds is 6. The minimum absolute atomic E-state index is 0.527. The number of aromatic nitrogens is 4. The Bertz CT molecular complexity index is 3060. The first kappa shape index (κ1) is 31.4. The largest absolute Gasteiger partial charge is 0.371 e. The lowest BCUT2D eigenvalue weighted by Crippen LogP contribution is -2.16. The molecule has 0 fully saturated rings. The van der Waals surface area contributed by atoms with Gasteiger partial charge in [0.15, 0.2) is 11.5 Å². The van der Waals surface area contributed by atoms with Crippen molar-refractivity contribution in [2.45, 2.75) is 0 Å². The zero-order valence-electron chi connectivity index (χ0n) is 29.2. The summed E-state index contributed by atoms with van der Waals surface area (Å²) in [5.74, 6) is 0.531. The lowest BCUT2D eigenvalue weighted by molar-refractivity contribution is 0.975.